The van der Waals surface area contributed by atoms with Gasteiger partial charge in [-0.2, -0.15) is 0 Å². The van der Waals surface area contributed by atoms with Gasteiger partial charge in [0.25, 0.3) is 11.8 Å². The average Bonchev–Trinajstić information content (AvgIpc) is 3.46. The Morgan fingerprint density at radius 2 is 1.61 bits per heavy atom. The predicted octanol–water partition coefficient (Wildman–Crippen LogP) is 2.77. The third kappa shape index (κ3) is 9.44. The minimum atomic E-state index is -0.510. The first-order valence-corrected chi connectivity index (χ1v) is 14.1. The lowest BCUT2D eigenvalue weighted by Crippen LogP contribution is -2.38. The van der Waals surface area contributed by atoms with Crippen LogP contribution in [-0.4, -0.2) is 77.8 Å². The van der Waals surface area contributed by atoms with E-state index in [1.807, 2.05) is 20.8 Å². The molecule has 38 heavy (non-hydrogen) atoms. The Bertz CT molecular complexity index is 886. The Kier molecular flexibility index (Phi) is 10.7. The Hall–Kier alpha value is -2.91. The second-order valence-corrected chi connectivity index (χ2v) is 11.8. The maximum Gasteiger partial charge on any atom is 0.410 e. The van der Waals surface area contributed by atoms with Crippen molar-refractivity contribution in [3.8, 4) is 0 Å². The molecule has 2 N–H and O–H groups in total. The smallest absolute Gasteiger partial charge is 0.410 e. The van der Waals surface area contributed by atoms with E-state index in [-0.39, 0.29) is 47.5 Å². The molecule has 10 heteroatoms. The molecule has 2 aliphatic heterocycles. The first kappa shape index (κ1) is 29.6. The molecule has 0 bridgehead atoms. The fraction of sp³-hybridized carbons (Fsp3) is 0.750. The van der Waals surface area contributed by atoms with Gasteiger partial charge in [-0.25, -0.2) is 4.79 Å². The number of unbranched alkanes of at least 4 members (excludes halogenated alkanes) is 2. The number of nitrogens with one attached hydrogen (secondary N) is 2. The van der Waals surface area contributed by atoms with Gasteiger partial charge in [0.15, 0.2) is 0 Å². The largest absolute Gasteiger partial charge is 0.444 e. The molecule has 0 aromatic heterocycles. The first-order chi connectivity index (χ1) is 18.0. The molecule has 3 rings (SSSR count). The Morgan fingerprint density at radius 3 is 2.26 bits per heavy atom. The minimum absolute atomic E-state index is 0.0121. The van der Waals surface area contributed by atoms with E-state index in [9.17, 15) is 24.0 Å². The van der Waals surface area contributed by atoms with Crippen molar-refractivity contribution in [2.45, 2.75) is 84.2 Å². The van der Waals surface area contributed by atoms with Crippen LogP contribution in [0, 0.1) is 17.8 Å². The van der Waals surface area contributed by atoms with Gasteiger partial charge in [-0.3, -0.25) is 24.1 Å². The van der Waals surface area contributed by atoms with Gasteiger partial charge >= 0.3 is 6.09 Å². The highest BCUT2D eigenvalue weighted by molar-refractivity contribution is 6.12. The third-order valence-corrected chi connectivity index (χ3v) is 7.46. The van der Waals surface area contributed by atoms with Gasteiger partial charge in [-0.1, -0.05) is 6.42 Å². The fourth-order valence-corrected chi connectivity index (χ4v) is 5.26. The molecule has 212 valence electrons. The molecule has 1 atom stereocenters. The van der Waals surface area contributed by atoms with Crippen molar-refractivity contribution in [1.82, 2.24) is 20.4 Å². The summed E-state index contributed by atoms with van der Waals surface area (Å²) in [6, 6.07) is 0. The molecule has 0 aromatic rings. The van der Waals surface area contributed by atoms with Gasteiger partial charge < -0.3 is 20.3 Å². The summed E-state index contributed by atoms with van der Waals surface area (Å²) in [5, 5.41) is 6.01. The summed E-state index contributed by atoms with van der Waals surface area (Å²) < 4.78 is 5.41. The summed E-state index contributed by atoms with van der Waals surface area (Å²) in [5.41, 5.74) is -0.510. The Balaban J connectivity index is 1.18. The molecule has 10 nitrogen and oxygen atoms in total. The molecule has 5 amide bonds. The number of carbonyl (C=O) groups excluding carboxylic acids is 5. The minimum Gasteiger partial charge on any atom is -0.444 e. The number of amides is 5. The van der Waals surface area contributed by atoms with Crippen molar-refractivity contribution < 1.29 is 28.7 Å². The number of hydrogen-bond acceptors (Lipinski definition) is 6. The maximum absolute atomic E-state index is 12.5. The van der Waals surface area contributed by atoms with Crippen molar-refractivity contribution >= 4 is 29.7 Å². The zero-order chi connectivity index (χ0) is 27.7. The highest BCUT2D eigenvalue weighted by Gasteiger charge is 2.32. The molecule has 1 saturated carbocycles. The van der Waals surface area contributed by atoms with Crippen LogP contribution in [0.4, 0.5) is 4.79 Å². The van der Waals surface area contributed by atoms with Crippen molar-refractivity contribution in [3.05, 3.63) is 12.2 Å². The number of likely N-dealkylation sites (tertiary alicyclic amines) is 1. The average molecular weight is 533 g/mol. The number of ether oxygens (including phenoxy) is 1. The van der Waals surface area contributed by atoms with Crippen molar-refractivity contribution in [1.29, 1.82) is 0 Å². The number of carbonyl (C=O) groups is 5. The predicted molar refractivity (Wildman–Crippen MR) is 142 cm³/mol. The van der Waals surface area contributed by atoms with E-state index in [1.54, 1.807) is 4.90 Å². The van der Waals surface area contributed by atoms with Crippen LogP contribution in [0.25, 0.3) is 0 Å². The molecule has 0 aromatic carbocycles. The second-order valence-electron chi connectivity index (χ2n) is 11.8. The standard InChI is InChI=1S/C28H44N4O6/c1-28(2,3)38-27(37)31-16-14-21(18-31)17-30-23(33)7-5-4-6-15-29-26(36)22-10-8-20(9-11-22)19-32-24(34)12-13-25(32)35/h12-13,20-22H,4-11,14-19H2,1-3H3,(H,29,36)(H,30,33)/t20?,21-,22?/m1/s1. The highest BCUT2D eigenvalue weighted by atomic mass is 16.6. The number of hydrogen-bond donors (Lipinski definition) is 2. The summed E-state index contributed by atoms with van der Waals surface area (Å²) in [4.78, 5) is 63.3. The quantitative estimate of drug-likeness (QED) is 0.311. The zero-order valence-corrected chi connectivity index (χ0v) is 23.1. The van der Waals surface area contributed by atoms with Crippen LogP contribution >= 0.6 is 0 Å². The molecule has 0 radical (unpaired) electrons. The van der Waals surface area contributed by atoms with Crippen LogP contribution in [0.5, 0.6) is 0 Å². The molecule has 1 saturated heterocycles. The molecule has 2 heterocycles. The van der Waals surface area contributed by atoms with Crippen LogP contribution in [0.3, 0.4) is 0 Å². The van der Waals surface area contributed by atoms with Crippen LogP contribution in [-0.2, 0) is 23.9 Å². The fourth-order valence-electron chi connectivity index (χ4n) is 5.26. The van der Waals surface area contributed by atoms with E-state index < -0.39 is 5.60 Å². The third-order valence-electron chi connectivity index (χ3n) is 7.46. The van der Waals surface area contributed by atoms with E-state index >= 15 is 0 Å². The molecule has 1 aliphatic carbocycles. The van der Waals surface area contributed by atoms with Gasteiger partial charge in [0.2, 0.25) is 11.8 Å². The van der Waals surface area contributed by atoms with E-state index in [4.69, 9.17) is 4.74 Å². The molecule has 0 unspecified atom stereocenters. The first-order valence-electron chi connectivity index (χ1n) is 14.1. The molecule has 3 aliphatic rings. The molecular formula is C28H44N4O6. The summed E-state index contributed by atoms with van der Waals surface area (Å²) in [7, 11) is 0. The molecule has 0 spiro atoms. The number of rotatable bonds is 11. The lowest BCUT2D eigenvalue weighted by Gasteiger charge is -2.30. The topological polar surface area (TPSA) is 125 Å². The summed E-state index contributed by atoms with van der Waals surface area (Å²) in [6.07, 6.45) is 9.33. The monoisotopic (exact) mass is 532 g/mol. The van der Waals surface area contributed by atoms with Gasteiger partial charge in [0.1, 0.15) is 5.60 Å². The lowest BCUT2D eigenvalue weighted by atomic mass is 9.81. The van der Waals surface area contributed by atoms with Crippen molar-refractivity contribution in [2.75, 3.05) is 32.7 Å². The molecular weight excluding hydrogens is 488 g/mol. The van der Waals surface area contributed by atoms with Gasteiger partial charge in [0.05, 0.1) is 0 Å². The molecule has 2 fully saturated rings. The van der Waals surface area contributed by atoms with E-state index in [2.05, 4.69) is 10.6 Å². The zero-order valence-electron chi connectivity index (χ0n) is 23.1. The van der Waals surface area contributed by atoms with Crippen LogP contribution < -0.4 is 10.6 Å². The van der Waals surface area contributed by atoms with E-state index in [1.165, 1.54) is 17.1 Å². The number of imide groups is 1. The second kappa shape index (κ2) is 13.8. The maximum atomic E-state index is 12.5. The van der Waals surface area contributed by atoms with Crippen molar-refractivity contribution in [3.63, 3.8) is 0 Å². The van der Waals surface area contributed by atoms with E-state index in [0.29, 0.717) is 39.1 Å². The van der Waals surface area contributed by atoms with Crippen molar-refractivity contribution in [2.24, 2.45) is 17.8 Å². The van der Waals surface area contributed by atoms with Crippen LogP contribution in [0.2, 0.25) is 0 Å². The normalized spacial score (nSPS) is 23.6. The van der Waals surface area contributed by atoms with E-state index in [0.717, 1.165) is 51.4 Å². The Morgan fingerprint density at radius 1 is 0.921 bits per heavy atom. The number of nitrogens with zero attached hydrogens (tertiary/aromatic N) is 2. The van der Waals surface area contributed by atoms with Crippen LogP contribution in [0.1, 0.15) is 78.6 Å². The highest BCUT2D eigenvalue weighted by Crippen LogP contribution is 2.30. The summed E-state index contributed by atoms with van der Waals surface area (Å²) in [5.74, 6) is 0.111. The van der Waals surface area contributed by atoms with Gasteiger partial charge in [0, 0.05) is 57.2 Å². The van der Waals surface area contributed by atoms with Crippen LogP contribution in [0.15, 0.2) is 12.2 Å². The summed E-state index contributed by atoms with van der Waals surface area (Å²) >= 11 is 0. The Labute approximate surface area is 225 Å². The lowest BCUT2D eigenvalue weighted by molar-refractivity contribution is -0.138. The van der Waals surface area contributed by atoms with Gasteiger partial charge in [-0.05, 0) is 77.6 Å². The van der Waals surface area contributed by atoms with Gasteiger partial charge in [-0.15, -0.1) is 0 Å². The SMILES string of the molecule is CC(C)(C)OC(=O)N1CC[C@H](CNC(=O)CCCCCNC(=O)C2CCC(CN3C(=O)C=CC3=O)CC2)C1. The summed E-state index contributed by atoms with van der Waals surface area (Å²) in [6.45, 7) is 8.42.